The van der Waals surface area contributed by atoms with Crippen LogP contribution in [0.4, 0.5) is 15.4 Å². The Morgan fingerprint density at radius 2 is 1.66 bits per heavy atom. The number of hydrogen-bond acceptors (Lipinski definition) is 5. The van der Waals surface area contributed by atoms with E-state index in [1.54, 1.807) is 37.5 Å². The van der Waals surface area contributed by atoms with Crippen LogP contribution in [0.3, 0.4) is 0 Å². The fourth-order valence-electron chi connectivity index (χ4n) is 4.51. The summed E-state index contributed by atoms with van der Waals surface area (Å²) in [6, 6.07) is 24.6. The van der Waals surface area contributed by atoms with E-state index in [1.165, 1.54) is 4.90 Å². The number of hydrogen-bond donors (Lipinski definition) is 3. The summed E-state index contributed by atoms with van der Waals surface area (Å²) in [5.74, 6) is -0.719. The summed E-state index contributed by atoms with van der Waals surface area (Å²) < 4.78 is 5.89. The molecule has 41 heavy (non-hydrogen) atoms. The average Bonchev–Trinajstić information content (AvgIpc) is 2.96. The standard InChI is InChI=1S/C31H31ClN4O5/c1-36(30(39)34-20-24-13-7-8-14-25(24)32)26(15-16-29(37)38)27(17-21-9-3-2-4-10-21)41-31(40)35-28-18-22-11-5-6-12-23(22)19-33-28/h2-14,18-19,26-27H,15-17,20H2,1H3,(H,34,39)(H,37,38)(H,33,35,40)/t26-,27?/m0/s1. The third-order valence-electron chi connectivity index (χ3n) is 6.69. The second-order valence-electron chi connectivity index (χ2n) is 9.54. The molecule has 3 amide bonds. The highest BCUT2D eigenvalue weighted by molar-refractivity contribution is 6.31. The van der Waals surface area contributed by atoms with Gasteiger partial charge in [-0.25, -0.2) is 14.6 Å². The number of aromatic nitrogens is 1. The van der Waals surface area contributed by atoms with Gasteiger partial charge >= 0.3 is 18.1 Å². The molecule has 1 unspecified atom stereocenters. The van der Waals surface area contributed by atoms with Crippen LogP contribution < -0.4 is 10.6 Å². The van der Waals surface area contributed by atoms with Crippen molar-refractivity contribution in [2.45, 2.75) is 38.0 Å². The number of likely N-dealkylation sites (N-methyl/N-ethyl adjacent to an activating group) is 1. The molecule has 0 radical (unpaired) electrons. The van der Waals surface area contributed by atoms with E-state index in [0.717, 1.165) is 21.9 Å². The highest BCUT2D eigenvalue weighted by Crippen LogP contribution is 2.21. The van der Waals surface area contributed by atoms with E-state index in [-0.39, 0.29) is 25.8 Å². The molecule has 0 bridgehead atoms. The topological polar surface area (TPSA) is 121 Å². The van der Waals surface area contributed by atoms with Gasteiger partial charge in [0.05, 0.1) is 6.04 Å². The maximum Gasteiger partial charge on any atom is 0.413 e. The first-order valence-corrected chi connectivity index (χ1v) is 13.5. The number of pyridine rings is 1. The lowest BCUT2D eigenvalue weighted by Gasteiger charge is -2.34. The predicted octanol–water partition coefficient (Wildman–Crippen LogP) is 6.12. The fraction of sp³-hybridized carbons (Fsp3) is 0.226. The number of rotatable bonds is 11. The minimum absolute atomic E-state index is 0.0599. The molecule has 3 N–H and O–H groups in total. The van der Waals surface area contributed by atoms with Crippen molar-refractivity contribution in [2.24, 2.45) is 0 Å². The number of fused-ring (bicyclic) bond motifs is 1. The van der Waals surface area contributed by atoms with Crippen molar-refractivity contribution in [1.82, 2.24) is 15.2 Å². The van der Waals surface area contributed by atoms with Crippen LogP contribution in [0.25, 0.3) is 10.8 Å². The zero-order chi connectivity index (χ0) is 29.2. The summed E-state index contributed by atoms with van der Waals surface area (Å²) in [5, 5.41) is 17.3. The molecule has 0 saturated carbocycles. The van der Waals surface area contributed by atoms with E-state index in [9.17, 15) is 19.5 Å². The number of anilines is 1. The van der Waals surface area contributed by atoms with Gasteiger partial charge in [-0.3, -0.25) is 10.1 Å². The smallest absolute Gasteiger partial charge is 0.413 e. The van der Waals surface area contributed by atoms with Gasteiger partial charge in [-0.05, 0) is 35.1 Å². The maximum atomic E-state index is 13.2. The normalized spacial score (nSPS) is 12.2. The Kier molecular flexibility index (Phi) is 10.1. The van der Waals surface area contributed by atoms with Crippen LogP contribution in [0, 0.1) is 0 Å². The van der Waals surface area contributed by atoms with E-state index in [0.29, 0.717) is 10.8 Å². The number of ether oxygens (including phenoxy) is 1. The van der Waals surface area contributed by atoms with E-state index >= 15 is 0 Å². The molecule has 0 fully saturated rings. The molecule has 0 aliphatic rings. The average molecular weight is 575 g/mol. The lowest BCUT2D eigenvalue weighted by atomic mass is 9.97. The summed E-state index contributed by atoms with van der Waals surface area (Å²) in [6.45, 7) is 0.173. The third kappa shape index (κ3) is 8.43. The summed E-state index contributed by atoms with van der Waals surface area (Å²) in [6.07, 6.45) is 0.108. The highest BCUT2D eigenvalue weighted by Gasteiger charge is 2.32. The lowest BCUT2D eigenvalue weighted by Crippen LogP contribution is -2.51. The number of benzene rings is 3. The van der Waals surface area contributed by atoms with E-state index < -0.39 is 30.2 Å². The number of nitrogens with zero attached hydrogens (tertiary/aromatic N) is 2. The second-order valence-corrected chi connectivity index (χ2v) is 9.94. The SMILES string of the molecule is CN(C(=O)NCc1ccccc1Cl)[C@@H](CCC(=O)O)C(Cc1ccccc1)OC(=O)Nc1cc2ccccc2cn1. The first kappa shape index (κ1) is 29.4. The largest absolute Gasteiger partial charge is 0.481 e. The minimum Gasteiger partial charge on any atom is -0.481 e. The lowest BCUT2D eigenvalue weighted by molar-refractivity contribution is -0.137. The van der Waals surface area contributed by atoms with Gasteiger partial charge in [0, 0.05) is 43.0 Å². The molecule has 10 heteroatoms. The number of halogens is 1. The number of amides is 3. The van der Waals surface area contributed by atoms with Crippen molar-refractivity contribution in [3.05, 3.63) is 107 Å². The van der Waals surface area contributed by atoms with Gasteiger partial charge in [-0.1, -0.05) is 84.4 Å². The number of carbonyl (C=O) groups excluding carboxylic acids is 2. The number of aliphatic carboxylic acids is 1. The van der Waals surface area contributed by atoms with Crippen molar-refractivity contribution in [3.63, 3.8) is 0 Å². The molecule has 0 saturated heterocycles. The minimum atomic E-state index is -1.02. The first-order chi connectivity index (χ1) is 19.8. The summed E-state index contributed by atoms with van der Waals surface area (Å²) in [4.78, 5) is 43.5. The van der Waals surface area contributed by atoms with Crippen LogP contribution in [0.15, 0.2) is 91.1 Å². The Morgan fingerprint density at radius 1 is 0.976 bits per heavy atom. The number of nitrogens with one attached hydrogen (secondary N) is 2. The van der Waals surface area contributed by atoms with Gasteiger partial charge in [0.2, 0.25) is 0 Å². The molecule has 0 aliphatic heterocycles. The molecule has 4 rings (SSSR count). The van der Waals surface area contributed by atoms with Crippen molar-refractivity contribution >= 4 is 46.3 Å². The number of carboxylic acid groups (broad SMARTS) is 1. The molecule has 9 nitrogen and oxygen atoms in total. The molecule has 4 aromatic rings. The fourth-order valence-corrected chi connectivity index (χ4v) is 4.72. The number of carbonyl (C=O) groups is 3. The zero-order valence-electron chi connectivity index (χ0n) is 22.5. The van der Waals surface area contributed by atoms with Crippen molar-refractivity contribution in [2.75, 3.05) is 12.4 Å². The monoisotopic (exact) mass is 574 g/mol. The Morgan fingerprint density at radius 3 is 2.39 bits per heavy atom. The molecule has 212 valence electrons. The molecule has 1 aromatic heterocycles. The van der Waals surface area contributed by atoms with Crippen LogP contribution in [-0.2, 0) is 22.5 Å². The summed E-state index contributed by atoms with van der Waals surface area (Å²) >= 11 is 6.23. The van der Waals surface area contributed by atoms with Crippen LogP contribution in [0.2, 0.25) is 5.02 Å². The summed E-state index contributed by atoms with van der Waals surface area (Å²) in [5.41, 5.74) is 1.59. The molecule has 3 aromatic carbocycles. The van der Waals surface area contributed by atoms with Crippen LogP contribution in [0.1, 0.15) is 24.0 Å². The van der Waals surface area contributed by atoms with Gasteiger partial charge in [-0.15, -0.1) is 0 Å². The molecule has 0 aliphatic carbocycles. The van der Waals surface area contributed by atoms with Gasteiger partial charge in [0.1, 0.15) is 11.9 Å². The van der Waals surface area contributed by atoms with Crippen LogP contribution in [0.5, 0.6) is 0 Å². The van der Waals surface area contributed by atoms with Crippen LogP contribution in [-0.4, -0.2) is 52.3 Å². The zero-order valence-corrected chi connectivity index (χ0v) is 23.3. The maximum absolute atomic E-state index is 13.2. The van der Waals surface area contributed by atoms with Gasteiger partial charge in [0.25, 0.3) is 0 Å². The van der Waals surface area contributed by atoms with Crippen molar-refractivity contribution in [1.29, 1.82) is 0 Å². The number of urea groups is 1. The van der Waals surface area contributed by atoms with Crippen molar-refractivity contribution < 1.29 is 24.2 Å². The van der Waals surface area contributed by atoms with E-state index in [4.69, 9.17) is 16.3 Å². The Hall–Kier alpha value is -4.63. The van der Waals surface area contributed by atoms with Gasteiger partial charge < -0.3 is 20.1 Å². The second kappa shape index (κ2) is 14.1. The number of carboxylic acids is 1. The Bertz CT molecular complexity index is 1500. The predicted molar refractivity (Wildman–Crippen MR) is 158 cm³/mol. The van der Waals surface area contributed by atoms with Gasteiger partial charge in [-0.2, -0.15) is 0 Å². The Balaban J connectivity index is 1.54. The van der Waals surface area contributed by atoms with Gasteiger partial charge in [0.15, 0.2) is 0 Å². The summed E-state index contributed by atoms with van der Waals surface area (Å²) in [7, 11) is 1.55. The quantitative estimate of drug-likeness (QED) is 0.198. The molecular weight excluding hydrogens is 544 g/mol. The van der Waals surface area contributed by atoms with Crippen LogP contribution >= 0.6 is 11.6 Å². The highest BCUT2D eigenvalue weighted by atomic mass is 35.5. The Labute approximate surface area is 243 Å². The van der Waals surface area contributed by atoms with Crippen molar-refractivity contribution in [3.8, 4) is 0 Å². The molecule has 1 heterocycles. The molecule has 0 spiro atoms. The van der Waals surface area contributed by atoms with E-state index in [1.807, 2.05) is 60.7 Å². The third-order valence-corrected chi connectivity index (χ3v) is 7.06. The molecular formula is C31H31ClN4O5. The first-order valence-electron chi connectivity index (χ1n) is 13.1. The molecule has 2 atom stereocenters. The van der Waals surface area contributed by atoms with E-state index in [2.05, 4.69) is 15.6 Å².